The van der Waals surface area contributed by atoms with Crippen LogP contribution in [0.5, 0.6) is 17.2 Å². The molecule has 0 N–H and O–H groups in total. The molecular weight excluding hydrogens is 258 g/mol. The van der Waals surface area contributed by atoms with Gasteiger partial charge in [-0.2, -0.15) is 0 Å². The Bertz CT molecular complexity index is 761. The zero-order chi connectivity index (χ0) is 13.5. The van der Waals surface area contributed by atoms with Gasteiger partial charge in [-0.1, -0.05) is 12.1 Å². The minimum Gasteiger partial charge on any atom is -0.496 e. The summed E-state index contributed by atoms with van der Waals surface area (Å²) in [6.07, 6.45) is 0. The minimum absolute atomic E-state index is 0.218. The number of ether oxygens (including phenoxy) is 3. The summed E-state index contributed by atoms with van der Waals surface area (Å²) in [5.41, 5.74) is 2.29. The van der Waals surface area contributed by atoms with Gasteiger partial charge >= 0.3 is 0 Å². The number of methoxy groups -OCH3 is 1. The lowest BCUT2D eigenvalue weighted by Crippen LogP contribution is -1.92. The highest BCUT2D eigenvalue weighted by molar-refractivity contribution is 5.78. The molecule has 4 rings (SSSR count). The van der Waals surface area contributed by atoms with Gasteiger partial charge in [0.2, 0.25) is 12.7 Å². The molecule has 0 atom stereocenters. The van der Waals surface area contributed by atoms with Gasteiger partial charge in [-0.3, -0.25) is 0 Å². The number of hydrogen-bond acceptors (Lipinski definition) is 5. The molecule has 100 valence electrons. The number of oxazole rings is 1. The molecule has 3 aromatic rings. The van der Waals surface area contributed by atoms with Crippen molar-refractivity contribution in [2.75, 3.05) is 13.9 Å². The topological polar surface area (TPSA) is 53.7 Å². The van der Waals surface area contributed by atoms with Crippen molar-refractivity contribution in [1.29, 1.82) is 0 Å². The molecule has 1 aliphatic heterocycles. The first-order valence-corrected chi connectivity index (χ1v) is 6.19. The molecule has 2 aromatic carbocycles. The van der Waals surface area contributed by atoms with Gasteiger partial charge in [-0.15, -0.1) is 0 Å². The number of aromatic nitrogens is 1. The molecule has 0 saturated heterocycles. The number of para-hydroxylation sites is 2. The highest BCUT2D eigenvalue weighted by Crippen LogP contribution is 2.42. The van der Waals surface area contributed by atoms with Crippen LogP contribution in [0, 0.1) is 0 Å². The monoisotopic (exact) mass is 269 g/mol. The van der Waals surface area contributed by atoms with E-state index in [2.05, 4.69) is 4.98 Å². The molecule has 1 aliphatic rings. The van der Waals surface area contributed by atoms with Crippen molar-refractivity contribution in [1.82, 2.24) is 4.98 Å². The van der Waals surface area contributed by atoms with Crippen molar-refractivity contribution in [3.63, 3.8) is 0 Å². The van der Waals surface area contributed by atoms with Gasteiger partial charge in [0.05, 0.1) is 12.7 Å². The lowest BCUT2D eigenvalue weighted by atomic mass is 10.1. The maximum Gasteiger partial charge on any atom is 0.231 e. The Kier molecular flexibility index (Phi) is 2.32. The standard InChI is InChI=1S/C15H11NO4/c1-17-12-7-14-13(18-8-19-14)6-9(12)15-16-10-4-2-3-5-11(10)20-15/h2-7H,8H2,1H3. The fourth-order valence-corrected chi connectivity index (χ4v) is 2.25. The van der Waals surface area contributed by atoms with E-state index in [4.69, 9.17) is 18.6 Å². The van der Waals surface area contributed by atoms with Crippen LogP contribution in [0.2, 0.25) is 0 Å². The Hall–Kier alpha value is -2.69. The molecule has 20 heavy (non-hydrogen) atoms. The average molecular weight is 269 g/mol. The van der Waals surface area contributed by atoms with Crippen molar-refractivity contribution in [2.24, 2.45) is 0 Å². The Balaban J connectivity index is 1.92. The molecule has 0 bridgehead atoms. The zero-order valence-corrected chi connectivity index (χ0v) is 10.8. The van der Waals surface area contributed by atoms with E-state index in [1.807, 2.05) is 30.3 Å². The predicted octanol–water partition coefficient (Wildman–Crippen LogP) is 3.23. The number of hydrogen-bond donors (Lipinski definition) is 0. The summed E-state index contributed by atoms with van der Waals surface area (Å²) in [5.74, 6) is 2.48. The molecular formula is C15H11NO4. The molecule has 0 amide bonds. The summed E-state index contributed by atoms with van der Waals surface area (Å²) in [5, 5.41) is 0. The van der Waals surface area contributed by atoms with Crippen LogP contribution in [0.25, 0.3) is 22.6 Å². The molecule has 5 heteroatoms. The second-order valence-corrected chi connectivity index (χ2v) is 4.39. The molecule has 0 unspecified atom stereocenters. The van der Waals surface area contributed by atoms with Gasteiger partial charge in [-0.05, 0) is 12.1 Å². The van der Waals surface area contributed by atoms with E-state index >= 15 is 0 Å². The van der Waals surface area contributed by atoms with Gasteiger partial charge < -0.3 is 18.6 Å². The lowest BCUT2D eigenvalue weighted by molar-refractivity contribution is 0.174. The normalized spacial score (nSPS) is 12.8. The van der Waals surface area contributed by atoms with E-state index in [0.29, 0.717) is 23.1 Å². The van der Waals surface area contributed by atoms with E-state index in [9.17, 15) is 0 Å². The Morgan fingerprint density at radius 3 is 2.70 bits per heavy atom. The number of rotatable bonds is 2. The van der Waals surface area contributed by atoms with Crippen LogP contribution < -0.4 is 14.2 Å². The Morgan fingerprint density at radius 1 is 1.10 bits per heavy atom. The van der Waals surface area contributed by atoms with Gasteiger partial charge in [-0.25, -0.2) is 4.98 Å². The van der Waals surface area contributed by atoms with Crippen molar-refractivity contribution in [3.05, 3.63) is 36.4 Å². The third-order valence-electron chi connectivity index (χ3n) is 3.22. The van der Waals surface area contributed by atoms with Crippen molar-refractivity contribution in [3.8, 4) is 28.7 Å². The zero-order valence-electron chi connectivity index (χ0n) is 10.8. The SMILES string of the molecule is COc1cc2c(cc1-c1nc3ccccc3o1)OCO2. The van der Waals surface area contributed by atoms with Crippen LogP contribution in [0.4, 0.5) is 0 Å². The average Bonchev–Trinajstić information content (AvgIpc) is 3.11. The molecule has 0 saturated carbocycles. The molecule has 0 spiro atoms. The van der Waals surface area contributed by atoms with Gasteiger partial charge in [0.15, 0.2) is 17.1 Å². The maximum atomic E-state index is 5.77. The van der Waals surface area contributed by atoms with Crippen LogP contribution in [0.1, 0.15) is 0 Å². The number of nitrogens with zero attached hydrogens (tertiary/aromatic N) is 1. The molecule has 5 nitrogen and oxygen atoms in total. The van der Waals surface area contributed by atoms with Crippen LogP contribution in [0.15, 0.2) is 40.8 Å². The summed E-state index contributed by atoms with van der Waals surface area (Å²) < 4.78 is 21.9. The van der Waals surface area contributed by atoms with E-state index in [1.54, 1.807) is 13.2 Å². The van der Waals surface area contributed by atoms with Crippen molar-refractivity contribution >= 4 is 11.1 Å². The van der Waals surface area contributed by atoms with Crippen molar-refractivity contribution in [2.45, 2.75) is 0 Å². The second-order valence-electron chi connectivity index (χ2n) is 4.39. The first kappa shape index (κ1) is 11.2. The van der Waals surface area contributed by atoms with Crippen LogP contribution in [-0.2, 0) is 0 Å². The van der Waals surface area contributed by atoms with E-state index in [-0.39, 0.29) is 6.79 Å². The molecule has 0 fully saturated rings. The largest absolute Gasteiger partial charge is 0.496 e. The summed E-state index contributed by atoms with van der Waals surface area (Å²) in [7, 11) is 1.60. The number of benzene rings is 2. The Morgan fingerprint density at radius 2 is 1.90 bits per heavy atom. The predicted molar refractivity (Wildman–Crippen MR) is 72.1 cm³/mol. The highest BCUT2D eigenvalue weighted by atomic mass is 16.7. The second kappa shape index (κ2) is 4.16. The van der Waals surface area contributed by atoms with Gasteiger partial charge in [0, 0.05) is 12.1 Å². The number of fused-ring (bicyclic) bond motifs is 2. The van der Waals surface area contributed by atoms with Gasteiger partial charge in [0.1, 0.15) is 11.3 Å². The summed E-state index contributed by atoms with van der Waals surface area (Å²) in [6.45, 7) is 0.218. The fraction of sp³-hybridized carbons (Fsp3) is 0.133. The summed E-state index contributed by atoms with van der Waals surface area (Å²) in [4.78, 5) is 4.47. The Labute approximate surface area is 114 Å². The third kappa shape index (κ3) is 1.60. The fourth-order valence-electron chi connectivity index (χ4n) is 2.25. The lowest BCUT2D eigenvalue weighted by Gasteiger charge is -2.06. The molecule has 0 aliphatic carbocycles. The highest BCUT2D eigenvalue weighted by Gasteiger charge is 2.21. The minimum atomic E-state index is 0.218. The molecule has 0 radical (unpaired) electrons. The van der Waals surface area contributed by atoms with Gasteiger partial charge in [0.25, 0.3) is 0 Å². The van der Waals surface area contributed by atoms with Crippen LogP contribution in [0.3, 0.4) is 0 Å². The smallest absolute Gasteiger partial charge is 0.231 e. The first-order chi connectivity index (χ1) is 9.85. The quantitative estimate of drug-likeness (QED) is 0.715. The van der Waals surface area contributed by atoms with E-state index in [0.717, 1.165) is 16.7 Å². The van der Waals surface area contributed by atoms with Crippen LogP contribution >= 0.6 is 0 Å². The van der Waals surface area contributed by atoms with E-state index in [1.165, 1.54) is 0 Å². The van der Waals surface area contributed by atoms with E-state index < -0.39 is 0 Å². The third-order valence-corrected chi connectivity index (χ3v) is 3.22. The molecule has 1 aromatic heterocycles. The first-order valence-electron chi connectivity index (χ1n) is 6.19. The summed E-state index contributed by atoms with van der Waals surface area (Å²) in [6, 6.07) is 11.2. The summed E-state index contributed by atoms with van der Waals surface area (Å²) >= 11 is 0. The van der Waals surface area contributed by atoms with Crippen molar-refractivity contribution < 1.29 is 18.6 Å². The maximum absolute atomic E-state index is 5.77. The molecule has 2 heterocycles. The van der Waals surface area contributed by atoms with Crippen LogP contribution in [-0.4, -0.2) is 18.9 Å².